The Morgan fingerprint density at radius 3 is 2.71 bits per heavy atom. The first-order valence-corrected chi connectivity index (χ1v) is 6.93. The van der Waals surface area contributed by atoms with Crippen LogP contribution in [0.25, 0.3) is 0 Å². The lowest BCUT2D eigenvalue weighted by Gasteiger charge is -2.23. The molecule has 1 aromatic carbocycles. The highest BCUT2D eigenvalue weighted by Crippen LogP contribution is 2.10. The quantitative estimate of drug-likeness (QED) is 0.814. The van der Waals surface area contributed by atoms with E-state index in [4.69, 9.17) is 9.84 Å². The fraction of sp³-hybridized carbons (Fsp3) is 0.471. The maximum absolute atomic E-state index is 12.2. The summed E-state index contributed by atoms with van der Waals surface area (Å²) in [6, 6.07) is 5.50. The molecule has 0 unspecified atom stereocenters. The highest BCUT2D eigenvalue weighted by molar-refractivity contribution is 5.94. The first-order valence-electron chi connectivity index (χ1n) is 6.93. The predicted molar refractivity (Wildman–Crippen MR) is 83.2 cm³/mol. The van der Waals surface area contributed by atoms with Crippen LogP contribution in [-0.4, -0.2) is 36.9 Å². The SMILES string of the molecule is COC(C)(C)CNC(=O)c1cc(C)cc(C#CCCO)c1. The molecule has 0 radical (unpaired) electrons. The number of methoxy groups -OCH3 is 1. The van der Waals surface area contributed by atoms with Gasteiger partial charge in [-0.05, 0) is 44.5 Å². The van der Waals surface area contributed by atoms with E-state index in [9.17, 15) is 4.79 Å². The second-order valence-corrected chi connectivity index (χ2v) is 5.51. The Morgan fingerprint density at radius 2 is 2.10 bits per heavy atom. The van der Waals surface area contributed by atoms with Gasteiger partial charge in [-0.1, -0.05) is 11.8 Å². The predicted octanol–water partition coefficient (Wildman–Crippen LogP) is 1.88. The Hall–Kier alpha value is -1.83. The van der Waals surface area contributed by atoms with E-state index in [0.717, 1.165) is 11.1 Å². The third-order valence-corrected chi connectivity index (χ3v) is 3.04. The van der Waals surface area contributed by atoms with E-state index in [1.54, 1.807) is 13.2 Å². The van der Waals surface area contributed by atoms with Crippen molar-refractivity contribution in [1.82, 2.24) is 5.32 Å². The number of hydrogen-bond acceptors (Lipinski definition) is 3. The Morgan fingerprint density at radius 1 is 1.38 bits per heavy atom. The zero-order valence-electron chi connectivity index (χ0n) is 13.1. The lowest BCUT2D eigenvalue weighted by atomic mass is 10.1. The Bertz CT molecular complexity index is 553. The van der Waals surface area contributed by atoms with Crippen LogP contribution in [0.5, 0.6) is 0 Å². The summed E-state index contributed by atoms with van der Waals surface area (Å²) in [5, 5.41) is 11.6. The lowest BCUT2D eigenvalue weighted by molar-refractivity contribution is 0.0229. The molecule has 0 bridgehead atoms. The molecule has 0 saturated heterocycles. The number of carbonyl (C=O) groups excluding carboxylic acids is 1. The summed E-state index contributed by atoms with van der Waals surface area (Å²) in [5.41, 5.74) is 1.93. The maximum atomic E-state index is 12.2. The largest absolute Gasteiger partial charge is 0.395 e. The first-order chi connectivity index (χ1) is 9.88. The maximum Gasteiger partial charge on any atom is 0.251 e. The highest BCUT2D eigenvalue weighted by atomic mass is 16.5. The molecule has 0 aliphatic rings. The summed E-state index contributed by atoms with van der Waals surface area (Å²) >= 11 is 0. The van der Waals surface area contributed by atoms with Crippen LogP contribution in [-0.2, 0) is 4.74 Å². The number of benzene rings is 1. The molecule has 0 saturated carbocycles. The lowest BCUT2D eigenvalue weighted by Crippen LogP contribution is -2.39. The van der Waals surface area contributed by atoms with E-state index in [-0.39, 0.29) is 12.5 Å². The van der Waals surface area contributed by atoms with Crippen molar-refractivity contribution in [3.05, 3.63) is 34.9 Å². The van der Waals surface area contributed by atoms with Crippen molar-refractivity contribution < 1.29 is 14.6 Å². The number of carbonyl (C=O) groups is 1. The van der Waals surface area contributed by atoms with Crippen molar-refractivity contribution in [2.75, 3.05) is 20.3 Å². The van der Waals surface area contributed by atoms with E-state index < -0.39 is 5.60 Å². The number of rotatable bonds is 5. The van der Waals surface area contributed by atoms with E-state index in [2.05, 4.69) is 17.2 Å². The van der Waals surface area contributed by atoms with Crippen molar-refractivity contribution in [3.63, 3.8) is 0 Å². The van der Waals surface area contributed by atoms with Crippen molar-refractivity contribution in [2.45, 2.75) is 32.8 Å². The zero-order chi connectivity index (χ0) is 15.9. The number of aliphatic hydroxyl groups is 1. The number of hydrogen-bond donors (Lipinski definition) is 2. The number of ether oxygens (including phenoxy) is 1. The van der Waals surface area contributed by atoms with E-state index in [1.165, 1.54) is 0 Å². The summed E-state index contributed by atoms with van der Waals surface area (Å²) in [4.78, 5) is 12.2. The molecule has 1 aromatic rings. The molecule has 0 aromatic heterocycles. The van der Waals surface area contributed by atoms with Crippen LogP contribution in [0.15, 0.2) is 18.2 Å². The third-order valence-electron chi connectivity index (χ3n) is 3.04. The number of aliphatic hydroxyl groups excluding tert-OH is 1. The van der Waals surface area contributed by atoms with Gasteiger partial charge in [-0.2, -0.15) is 0 Å². The van der Waals surface area contributed by atoms with Gasteiger partial charge in [-0.3, -0.25) is 4.79 Å². The number of aryl methyl sites for hydroxylation is 1. The van der Waals surface area contributed by atoms with Gasteiger partial charge < -0.3 is 15.2 Å². The van der Waals surface area contributed by atoms with E-state index in [0.29, 0.717) is 18.5 Å². The summed E-state index contributed by atoms with van der Waals surface area (Å²) in [5.74, 6) is 5.66. The molecule has 21 heavy (non-hydrogen) atoms. The highest BCUT2D eigenvalue weighted by Gasteiger charge is 2.18. The average molecular weight is 289 g/mol. The van der Waals surface area contributed by atoms with Gasteiger partial charge in [0.25, 0.3) is 5.91 Å². The Kier molecular flexibility index (Phi) is 6.41. The normalized spacial score (nSPS) is 10.7. The second kappa shape index (κ2) is 7.82. The van der Waals surface area contributed by atoms with Gasteiger partial charge in [0, 0.05) is 31.2 Å². The number of amides is 1. The summed E-state index contributed by atoms with van der Waals surface area (Å²) in [7, 11) is 1.62. The summed E-state index contributed by atoms with van der Waals surface area (Å²) in [6.07, 6.45) is 0.428. The topological polar surface area (TPSA) is 58.6 Å². The van der Waals surface area contributed by atoms with Gasteiger partial charge in [-0.25, -0.2) is 0 Å². The van der Waals surface area contributed by atoms with Crippen LogP contribution in [0.2, 0.25) is 0 Å². The first kappa shape index (κ1) is 17.2. The Labute approximate surface area is 126 Å². The van der Waals surface area contributed by atoms with Crippen molar-refractivity contribution in [3.8, 4) is 11.8 Å². The van der Waals surface area contributed by atoms with E-state index in [1.807, 2.05) is 32.9 Å². The minimum absolute atomic E-state index is 0.0399. The van der Waals surface area contributed by atoms with Crippen LogP contribution in [0, 0.1) is 18.8 Å². The van der Waals surface area contributed by atoms with Crippen LogP contribution in [0.3, 0.4) is 0 Å². The molecule has 114 valence electrons. The van der Waals surface area contributed by atoms with Gasteiger partial charge in [0.05, 0.1) is 12.2 Å². The standard InChI is InChI=1S/C17H23NO3/c1-13-9-14(7-5-6-8-19)11-15(10-13)16(20)18-12-17(2,3)21-4/h9-11,19H,6,8,12H2,1-4H3,(H,18,20). The van der Waals surface area contributed by atoms with Crippen molar-refractivity contribution in [1.29, 1.82) is 0 Å². The molecule has 4 nitrogen and oxygen atoms in total. The summed E-state index contributed by atoms with van der Waals surface area (Å²) < 4.78 is 5.28. The molecular weight excluding hydrogens is 266 g/mol. The summed E-state index contributed by atoms with van der Waals surface area (Å²) in [6.45, 7) is 6.22. The van der Waals surface area contributed by atoms with Crippen molar-refractivity contribution in [2.24, 2.45) is 0 Å². The third kappa shape index (κ3) is 5.99. The van der Waals surface area contributed by atoms with Crippen LogP contribution in [0.1, 0.15) is 41.8 Å². The molecule has 0 fully saturated rings. The second-order valence-electron chi connectivity index (χ2n) is 5.51. The smallest absolute Gasteiger partial charge is 0.251 e. The minimum Gasteiger partial charge on any atom is -0.395 e. The molecule has 0 aliphatic heterocycles. The minimum atomic E-state index is -0.400. The fourth-order valence-corrected chi connectivity index (χ4v) is 1.67. The number of nitrogens with one attached hydrogen (secondary N) is 1. The monoisotopic (exact) mass is 289 g/mol. The van der Waals surface area contributed by atoms with Crippen molar-refractivity contribution >= 4 is 5.91 Å². The van der Waals surface area contributed by atoms with Gasteiger partial charge in [0.2, 0.25) is 0 Å². The molecule has 4 heteroatoms. The molecule has 1 amide bonds. The van der Waals surface area contributed by atoms with Gasteiger partial charge in [0.15, 0.2) is 0 Å². The zero-order valence-corrected chi connectivity index (χ0v) is 13.1. The molecule has 2 N–H and O–H groups in total. The van der Waals surface area contributed by atoms with E-state index >= 15 is 0 Å². The molecule has 0 aliphatic carbocycles. The van der Waals surface area contributed by atoms with Gasteiger partial charge in [0.1, 0.15) is 0 Å². The van der Waals surface area contributed by atoms with Gasteiger partial charge >= 0.3 is 0 Å². The Balaban J connectivity index is 2.83. The van der Waals surface area contributed by atoms with Crippen LogP contribution in [0.4, 0.5) is 0 Å². The van der Waals surface area contributed by atoms with Crippen LogP contribution < -0.4 is 5.32 Å². The molecule has 0 atom stereocenters. The average Bonchev–Trinajstić information content (AvgIpc) is 2.44. The molecule has 0 spiro atoms. The molecule has 1 rings (SSSR count). The van der Waals surface area contributed by atoms with Gasteiger partial charge in [-0.15, -0.1) is 0 Å². The fourth-order valence-electron chi connectivity index (χ4n) is 1.67. The van der Waals surface area contributed by atoms with Crippen LogP contribution >= 0.6 is 0 Å². The molecular formula is C17H23NO3. The molecule has 0 heterocycles.